The second-order valence-corrected chi connectivity index (χ2v) is 6.38. The van der Waals surface area contributed by atoms with E-state index in [-0.39, 0.29) is 12.5 Å². The molecule has 2 aromatic rings. The number of carbonyl (C=O) groups is 1. The first-order valence-electron chi connectivity index (χ1n) is 6.86. The topological polar surface area (TPSA) is 72.7 Å². The van der Waals surface area contributed by atoms with Crippen LogP contribution in [-0.4, -0.2) is 31.4 Å². The molecular formula is C14H19N5OS. The third-order valence-corrected chi connectivity index (χ3v) is 4.34. The highest BCUT2D eigenvalue weighted by molar-refractivity contribution is 7.99. The maximum Gasteiger partial charge on any atom is 0.246 e. The predicted octanol–water partition coefficient (Wildman–Crippen LogP) is 2.51. The lowest BCUT2D eigenvalue weighted by atomic mass is 10.2. The minimum absolute atomic E-state index is 0.107. The third-order valence-electron chi connectivity index (χ3n) is 3.08. The SMILES string of the molecule is CC[C@H](C)Sc1ccc(NC(=O)Cn2cnnn2)c(C)c1. The van der Waals surface area contributed by atoms with E-state index < -0.39 is 0 Å². The van der Waals surface area contributed by atoms with Gasteiger partial charge in [0.15, 0.2) is 0 Å². The molecule has 1 amide bonds. The Balaban J connectivity index is 1.98. The van der Waals surface area contributed by atoms with Crippen LogP contribution in [0.4, 0.5) is 5.69 Å². The van der Waals surface area contributed by atoms with Crippen LogP contribution in [0.15, 0.2) is 29.4 Å². The van der Waals surface area contributed by atoms with Crippen LogP contribution in [0.5, 0.6) is 0 Å². The Bertz CT molecular complexity index is 599. The van der Waals surface area contributed by atoms with Crippen molar-refractivity contribution in [3.63, 3.8) is 0 Å². The molecule has 0 spiro atoms. The van der Waals surface area contributed by atoms with E-state index in [1.165, 1.54) is 15.9 Å². The lowest BCUT2D eigenvalue weighted by molar-refractivity contribution is -0.116. The molecule has 0 radical (unpaired) electrons. The molecule has 6 nitrogen and oxygen atoms in total. The molecule has 0 fully saturated rings. The number of nitrogens with zero attached hydrogens (tertiary/aromatic N) is 4. The number of rotatable bonds is 6. The van der Waals surface area contributed by atoms with Crippen LogP contribution in [0.2, 0.25) is 0 Å². The first-order valence-corrected chi connectivity index (χ1v) is 7.74. The van der Waals surface area contributed by atoms with E-state index in [1.54, 1.807) is 0 Å². The number of nitrogens with one attached hydrogen (secondary N) is 1. The van der Waals surface area contributed by atoms with E-state index >= 15 is 0 Å². The molecule has 0 unspecified atom stereocenters. The van der Waals surface area contributed by atoms with Gasteiger partial charge in [0.05, 0.1) is 0 Å². The molecule has 1 aromatic heterocycles. The van der Waals surface area contributed by atoms with E-state index in [0.29, 0.717) is 5.25 Å². The van der Waals surface area contributed by atoms with Gasteiger partial charge in [0, 0.05) is 15.8 Å². The molecule has 1 atom stereocenters. The Hall–Kier alpha value is -1.89. The Kier molecular flexibility index (Phi) is 5.32. The van der Waals surface area contributed by atoms with Gasteiger partial charge >= 0.3 is 0 Å². The zero-order valence-corrected chi connectivity index (χ0v) is 13.2. The highest BCUT2D eigenvalue weighted by Crippen LogP contribution is 2.28. The van der Waals surface area contributed by atoms with Crippen LogP contribution in [0.3, 0.4) is 0 Å². The second-order valence-electron chi connectivity index (χ2n) is 4.87. The average Bonchev–Trinajstić information content (AvgIpc) is 2.94. The zero-order valence-electron chi connectivity index (χ0n) is 12.4. The number of amides is 1. The molecular weight excluding hydrogens is 286 g/mol. The van der Waals surface area contributed by atoms with Gasteiger partial charge < -0.3 is 5.32 Å². The van der Waals surface area contributed by atoms with Crippen molar-refractivity contribution in [1.29, 1.82) is 0 Å². The van der Waals surface area contributed by atoms with Gasteiger partial charge in [-0.05, 0) is 47.5 Å². The molecule has 1 N–H and O–H groups in total. The Morgan fingerprint density at radius 2 is 2.29 bits per heavy atom. The van der Waals surface area contributed by atoms with Gasteiger partial charge in [-0.2, -0.15) is 0 Å². The minimum Gasteiger partial charge on any atom is -0.324 e. The monoisotopic (exact) mass is 305 g/mol. The van der Waals surface area contributed by atoms with Crippen LogP contribution >= 0.6 is 11.8 Å². The van der Waals surface area contributed by atoms with Crippen molar-refractivity contribution in [3.05, 3.63) is 30.1 Å². The van der Waals surface area contributed by atoms with Crippen LogP contribution in [0.25, 0.3) is 0 Å². The summed E-state index contributed by atoms with van der Waals surface area (Å²) in [4.78, 5) is 13.1. The summed E-state index contributed by atoms with van der Waals surface area (Å²) in [7, 11) is 0. The number of benzene rings is 1. The number of hydrogen-bond donors (Lipinski definition) is 1. The highest BCUT2D eigenvalue weighted by Gasteiger charge is 2.08. The van der Waals surface area contributed by atoms with Gasteiger partial charge in [-0.15, -0.1) is 16.9 Å². The molecule has 0 aliphatic rings. The summed E-state index contributed by atoms with van der Waals surface area (Å²) >= 11 is 1.85. The first kappa shape index (κ1) is 15.5. The van der Waals surface area contributed by atoms with Crippen molar-refractivity contribution in [2.75, 3.05) is 5.32 Å². The summed E-state index contributed by atoms with van der Waals surface area (Å²) in [6, 6.07) is 6.08. The number of aromatic nitrogens is 4. The fraction of sp³-hybridized carbons (Fsp3) is 0.429. The molecule has 2 rings (SSSR count). The Morgan fingerprint density at radius 3 is 2.90 bits per heavy atom. The smallest absolute Gasteiger partial charge is 0.246 e. The summed E-state index contributed by atoms with van der Waals surface area (Å²) in [5, 5.41) is 14.1. The van der Waals surface area contributed by atoms with Gasteiger partial charge in [-0.25, -0.2) is 4.68 Å². The van der Waals surface area contributed by atoms with Crippen LogP contribution in [0, 0.1) is 6.92 Å². The molecule has 112 valence electrons. The quantitative estimate of drug-likeness (QED) is 0.830. The number of carbonyl (C=O) groups excluding carboxylic acids is 1. The largest absolute Gasteiger partial charge is 0.324 e. The maximum atomic E-state index is 11.9. The number of tetrazole rings is 1. The Labute approximate surface area is 128 Å². The zero-order chi connectivity index (χ0) is 15.2. The summed E-state index contributed by atoms with van der Waals surface area (Å²) in [6.07, 6.45) is 2.55. The molecule has 1 heterocycles. The first-order chi connectivity index (χ1) is 10.1. The molecule has 7 heteroatoms. The van der Waals surface area contributed by atoms with Gasteiger partial charge in [0.1, 0.15) is 12.9 Å². The van der Waals surface area contributed by atoms with Gasteiger partial charge in [-0.1, -0.05) is 13.8 Å². The average molecular weight is 305 g/mol. The molecule has 21 heavy (non-hydrogen) atoms. The van der Waals surface area contributed by atoms with Crippen LogP contribution in [0.1, 0.15) is 25.8 Å². The fourth-order valence-corrected chi connectivity index (χ4v) is 2.78. The van der Waals surface area contributed by atoms with E-state index in [0.717, 1.165) is 17.7 Å². The van der Waals surface area contributed by atoms with Crippen molar-refractivity contribution in [1.82, 2.24) is 20.2 Å². The van der Waals surface area contributed by atoms with Gasteiger partial charge in [0.2, 0.25) is 5.91 Å². The van der Waals surface area contributed by atoms with E-state index in [4.69, 9.17) is 0 Å². The fourth-order valence-electron chi connectivity index (χ4n) is 1.75. The Morgan fingerprint density at radius 1 is 1.48 bits per heavy atom. The van der Waals surface area contributed by atoms with Crippen molar-refractivity contribution >= 4 is 23.4 Å². The molecule has 0 bridgehead atoms. The number of aryl methyl sites for hydroxylation is 1. The predicted molar refractivity (Wildman–Crippen MR) is 83.2 cm³/mol. The minimum atomic E-state index is -0.146. The standard InChI is InChI=1S/C14H19N5OS/c1-4-11(3)21-12-5-6-13(10(2)7-12)16-14(20)8-19-9-15-17-18-19/h5-7,9,11H,4,8H2,1-3H3,(H,16,20)/t11-/m0/s1. The second kappa shape index (κ2) is 7.21. The highest BCUT2D eigenvalue weighted by atomic mass is 32.2. The summed E-state index contributed by atoms with van der Waals surface area (Å²) in [5.74, 6) is -0.146. The normalized spacial score (nSPS) is 12.1. The van der Waals surface area contributed by atoms with Crippen LogP contribution in [-0.2, 0) is 11.3 Å². The molecule has 0 aliphatic heterocycles. The molecule has 0 saturated carbocycles. The van der Waals surface area contributed by atoms with Crippen molar-refractivity contribution < 1.29 is 4.79 Å². The maximum absolute atomic E-state index is 11.9. The van der Waals surface area contributed by atoms with Gasteiger partial charge in [0.25, 0.3) is 0 Å². The molecule has 0 aliphatic carbocycles. The number of anilines is 1. The van der Waals surface area contributed by atoms with Crippen molar-refractivity contribution in [2.24, 2.45) is 0 Å². The van der Waals surface area contributed by atoms with Crippen LogP contribution < -0.4 is 5.32 Å². The van der Waals surface area contributed by atoms with E-state index in [2.05, 4.69) is 40.8 Å². The van der Waals surface area contributed by atoms with E-state index in [1.807, 2.05) is 30.8 Å². The molecule has 0 saturated heterocycles. The number of hydrogen-bond acceptors (Lipinski definition) is 5. The van der Waals surface area contributed by atoms with E-state index in [9.17, 15) is 4.79 Å². The lowest BCUT2D eigenvalue weighted by Crippen LogP contribution is -2.19. The lowest BCUT2D eigenvalue weighted by Gasteiger charge is -2.12. The van der Waals surface area contributed by atoms with Gasteiger partial charge in [-0.3, -0.25) is 4.79 Å². The summed E-state index contributed by atoms with van der Waals surface area (Å²) in [6.45, 7) is 6.49. The number of thioether (sulfide) groups is 1. The third kappa shape index (κ3) is 4.56. The van der Waals surface area contributed by atoms with Crippen molar-refractivity contribution in [3.8, 4) is 0 Å². The summed E-state index contributed by atoms with van der Waals surface area (Å²) in [5.41, 5.74) is 1.87. The summed E-state index contributed by atoms with van der Waals surface area (Å²) < 4.78 is 1.39. The van der Waals surface area contributed by atoms with Crippen molar-refractivity contribution in [2.45, 2.75) is 43.9 Å². The molecule has 1 aromatic carbocycles.